The van der Waals surface area contributed by atoms with E-state index in [4.69, 9.17) is 11.5 Å². The summed E-state index contributed by atoms with van der Waals surface area (Å²) in [4.78, 5) is 14.5. The molecule has 1 aliphatic heterocycles. The summed E-state index contributed by atoms with van der Waals surface area (Å²) in [6.07, 6.45) is 3.78. The number of carbonyl (C=O) groups is 1. The molecule has 1 saturated heterocycles. The minimum Gasteiger partial charge on any atom is -0.399 e. The molecule has 2 heterocycles. The summed E-state index contributed by atoms with van der Waals surface area (Å²) < 4.78 is 0. The predicted molar refractivity (Wildman–Crippen MR) is 81.7 cm³/mol. The number of benzene rings is 1. The van der Waals surface area contributed by atoms with Crippen molar-refractivity contribution >= 4 is 17.3 Å². The van der Waals surface area contributed by atoms with Crippen LogP contribution in [0.15, 0.2) is 30.5 Å². The van der Waals surface area contributed by atoms with Gasteiger partial charge in [-0.3, -0.25) is 9.89 Å². The summed E-state index contributed by atoms with van der Waals surface area (Å²) in [6, 6.07) is 6.98. The van der Waals surface area contributed by atoms with Gasteiger partial charge in [-0.2, -0.15) is 5.10 Å². The lowest BCUT2D eigenvalue weighted by atomic mass is 9.94. The lowest BCUT2D eigenvalue weighted by molar-refractivity contribution is 0.0706. The molecule has 1 aliphatic rings. The molecule has 1 unspecified atom stereocenters. The maximum Gasteiger partial charge on any atom is 0.254 e. The number of amides is 1. The highest BCUT2D eigenvalue weighted by Crippen LogP contribution is 2.26. The van der Waals surface area contributed by atoms with E-state index in [9.17, 15) is 4.79 Å². The first kappa shape index (κ1) is 13.5. The molecular weight excluding hydrogens is 266 g/mol. The monoisotopic (exact) mass is 285 g/mol. The normalized spacial score (nSPS) is 18.7. The molecule has 21 heavy (non-hydrogen) atoms. The predicted octanol–water partition coefficient (Wildman–Crippen LogP) is 1.59. The van der Waals surface area contributed by atoms with Crippen LogP contribution in [0.1, 0.15) is 34.8 Å². The first-order valence-corrected chi connectivity index (χ1v) is 7.08. The van der Waals surface area contributed by atoms with Crippen molar-refractivity contribution in [2.24, 2.45) is 0 Å². The van der Waals surface area contributed by atoms with Crippen molar-refractivity contribution in [1.82, 2.24) is 15.1 Å². The van der Waals surface area contributed by atoms with Gasteiger partial charge in [0.1, 0.15) is 0 Å². The highest BCUT2D eigenvalue weighted by molar-refractivity contribution is 5.96. The van der Waals surface area contributed by atoms with Crippen LogP contribution in [0.2, 0.25) is 0 Å². The Bertz CT molecular complexity index is 617. The van der Waals surface area contributed by atoms with Crippen molar-refractivity contribution in [3.8, 4) is 0 Å². The fourth-order valence-corrected chi connectivity index (χ4v) is 2.89. The van der Waals surface area contributed by atoms with Gasteiger partial charge in [0.15, 0.2) is 0 Å². The Hall–Kier alpha value is -2.50. The number of aromatic amines is 1. The third-order valence-electron chi connectivity index (χ3n) is 3.90. The minimum atomic E-state index is -0.0155. The molecule has 5 N–H and O–H groups in total. The molecule has 1 aromatic carbocycles. The maximum atomic E-state index is 12.6. The summed E-state index contributed by atoms with van der Waals surface area (Å²) in [5.41, 5.74) is 14.2. The lowest BCUT2D eigenvalue weighted by Crippen LogP contribution is -2.39. The number of nitrogens with two attached hydrogens (primary N) is 2. The van der Waals surface area contributed by atoms with Gasteiger partial charge in [0.05, 0.1) is 0 Å². The van der Waals surface area contributed by atoms with E-state index in [1.807, 2.05) is 11.0 Å². The molecule has 0 radical (unpaired) electrons. The van der Waals surface area contributed by atoms with Gasteiger partial charge in [0, 0.05) is 47.8 Å². The quantitative estimate of drug-likeness (QED) is 0.729. The Kier molecular flexibility index (Phi) is 3.51. The summed E-state index contributed by atoms with van der Waals surface area (Å²) in [7, 11) is 0. The number of carbonyl (C=O) groups excluding carboxylic acids is 1. The number of anilines is 2. The number of hydrogen-bond donors (Lipinski definition) is 3. The Morgan fingerprint density at radius 2 is 2.05 bits per heavy atom. The van der Waals surface area contributed by atoms with E-state index in [0.717, 1.165) is 25.1 Å². The summed E-state index contributed by atoms with van der Waals surface area (Å²) >= 11 is 0. The number of likely N-dealkylation sites (tertiary alicyclic amines) is 1. The van der Waals surface area contributed by atoms with Gasteiger partial charge in [-0.15, -0.1) is 0 Å². The largest absolute Gasteiger partial charge is 0.399 e. The molecule has 1 atom stereocenters. The molecule has 0 bridgehead atoms. The lowest BCUT2D eigenvalue weighted by Gasteiger charge is -2.32. The van der Waals surface area contributed by atoms with E-state index in [1.54, 1.807) is 24.4 Å². The Balaban J connectivity index is 1.78. The Morgan fingerprint density at radius 3 is 2.71 bits per heavy atom. The minimum absolute atomic E-state index is 0.0155. The van der Waals surface area contributed by atoms with Crippen molar-refractivity contribution in [2.75, 3.05) is 24.6 Å². The van der Waals surface area contributed by atoms with E-state index in [-0.39, 0.29) is 5.91 Å². The Labute approximate surface area is 123 Å². The van der Waals surface area contributed by atoms with E-state index < -0.39 is 0 Å². The van der Waals surface area contributed by atoms with Gasteiger partial charge in [-0.05, 0) is 37.1 Å². The van der Waals surface area contributed by atoms with Crippen molar-refractivity contribution in [3.05, 3.63) is 41.7 Å². The van der Waals surface area contributed by atoms with Crippen LogP contribution in [0.4, 0.5) is 11.4 Å². The second-order valence-electron chi connectivity index (χ2n) is 5.49. The number of nitrogens with zero attached hydrogens (tertiary/aromatic N) is 2. The average Bonchev–Trinajstić information content (AvgIpc) is 3.00. The second kappa shape index (κ2) is 5.47. The molecule has 1 fully saturated rings. The van der Waals surface area contributed by atoms with Crippen LogP contribution in [0.25, 0.3) is 0 Å². The average molecular weight is 285 g/mol. The number of rotatable bonds is 2. The molecule has 1 aromatic heterocycles. The van der Waals surface area contributed by atoms with Crippen LogP contribution in [0.5, 0.6) is 0 Å². The Morgan fingerprint density at radius 1 is 1.29 bits per heavy atom. The zero-order chi connectivity index (χ0) is 14.8. The number of piperidine rings is 1. The van der Waals surface area contributed by atoms with Gasteiger partial charge in [0.25, 0.3) is 5.91 Å². The highest BCUT2D eigenvalue weighted by Gasteiger charge is 2.26. The molecule has 6 nitrogen and oxygen atoms in total. The van der Waals surface area contributed by atoms with Crippen LogP contribution in [-0.2, 0) is 0 Å². The first-order valence-electron chi connectivity index (χ1n) is 7.08. The van der Waals surface area contributed by atoms with Gasteiger partial charge in [-0.25, -0.2) is 0 Å². The molecule has 110 valence electrons. The van der Waals surface area contributed by atoms with Crippen molar-refractivity contribution < 1.29 is 4.79 Å². The molecule has 0 saturated carbocycles. The van der Waals surface area contributed by atoms with E-state index in [2.05, 4.69) is 10.2 Å². The smallest absolute Gasteiger partial charge is 0.254 e. The van der Waals surface area contributed by atoms with Crippen LogP contribution < -0.4 is 11.5 Å². The van der Waals surface area contributed by atoms with E-state index >= 15 is 0 Å². The van der Waals surface area contributed by atoms with Gasteiger partial charge in [-0.1, -0.05) is 0 Å². The third-order valence-corrected chi connectivity index (χ3v) is 3.90. The van der Waals surface area contributed by atoms with Gasteiger partial charge >= 0.3 is 0 Å². The molecule has 0 spiro atoms. The van der Waals surface area contributed by atoms with Crippen LogP contribution in [0.3, 0.4) is 0 Å². The SMILES string of the molecule is Nc1cc(N)cc(C(=O)N2CCCC(c3ccn[nH]3)C2)c1. The van der Waals surface area contributed by atoms with E-state index in [1.165, 1.54) is 0 Å². The molecular formula is C15H19N5O. The van der Waals surface area contributed by atoms with Crippen LogP contribution in [-0.4, -0.2) is 34.1 Å². The molecule has 0 aliphatic carbocycles. The summed E-state index contributed by atoms with van der Waals surface area (Å²) in [5, 5.41) is 6.98. The fraction of sp³-hybridized carbons (Fsp3) is 0.333. The molecule has 6 heteroatoms. The van der Waals surface area contributed by atoms with Crippen molar-refractivity contribution in [2.45, 2.75) is 18.8 Å². The highest BCUT2D eigenvalue weighted by atomic mass is 16.2. The van der Waals surface area contributed by atoms with Gasteiger partial charge in [0.2, 0.25) is 0 Å². The zero-order valence-electron chi connectivity index (χ0n) is 11.7. The fourth-order valence-electron chi connectivity index (χ4n) is 2.89. The summed E-state index contributed by atoms with van der Waals surface area (Å²) in [6.45, 7) is 1.45. The number of nitrogen functional groups attached to an aromatic ring is 2. The summed E-state index contributed by atoms with van der Waals surface area (Å²) in [5.74, 6) is 0.293. The van der Waals surface area contributed by atoms with Crippen LogP contribution in [0, 0.1) is 0 Å². The van der Waals surface area contributed by atoms with E-state index in [0.29, 0.717) is 29.4 Å². The first-order chi connectivity index (χ1) is 10.1. The second-order valence-corrected chi connectivity index (χ2v) is 5.49. The maximum absolute atomic E-state index is 12.6. The van der Waals surface area contributed by atoms with Crippen LogP contribution >= 0.6 is 0 Å². The third kappa shape index (κ3) is 2.84. The number of aromatic nitrogens is 2. The standard InChI is InChI=1S/C15H19N5O/c16-12-6-11(7-13(17)8-12)15(21)20-5-1-2-10(9-20)14-3-4-18-19-14/h3-4,6-8,10H,1-2,5,9,16-17H2,(H,18,19). The van der Waals surface area contributed by atoms with Crippen molar-refractivity contribution in [3.63, 3.8) is 0 Å². The molecule has 1 amide bonds. The molecule has 3 rings (SSSR count). The number of H-pyrrole nitrogens is 1. The number of nitrogens with one attached hydrogen (secondary N) is 1. The van der Waals surface area contributed by atoms with Crippen molar-refractivity contribution in [1.29, 1.82) is 0 Å². The molecule has 2 aromatic rings. The van der Waals surface area contributed by atoms with Gasteiger partial charge < -0.3 is 16.4 Å². The topological polar surface area (TPSA) is 101 Å². The zero-order valence-corrected chi connectivity index (χ0v) is 11.7. The number of hydrogen-bond acceptors (Lipinski definition) is 4.